The van der Waals surface area contributed by atoms with Crippen molar-refractivity contribution >= 4 is 0 Å². The summed E-state index contributed by atoms with van der Waals surface area (Å²) < 4.78 is 5.48. The molecule has 0 radical (unpaired) electrons. The van der Waals surface area contributed by atoms with Gasteiger partial charge in [0.05, 0.1) is 0 Å². The SMILES string of the molecule is Cc1cc(C(N)CCCC(C)C)c(C)o1. The molecular weight excluding hydrogens is 186 g/mol. The molecule has 0 saturated heterocycles. The molecule has 1 rings (SSSR count). The van der Waals surface area contributed by atoms with E-state index in [1.807, 2.05) is 13.8 Å². The minimum atomic E-state index is 0.140. The smallest absolute Gasteiger partial charge is 0.105 e. The highest BCUT2D eigenvalue weighted by Crippen LogP contribution is 2.24. The van der Waals surface area contributed by atoms with E-state index in [1.165, 1.54) is 18.4 Å². The fourth-order valence-corrected chi connectivity index (χ4v) is 1.92. The highest BCUT2D eigenvalue weighted by Gasteiger charge is 2.12. The van der Waals surface area contributed by atoms with Crippen molar-refractivity contribution in [3.63, 3.8) is 0 Å². The maximum absolute atomic E-state index is 6.14. The Kier molecular flexibility index (Phi) is 4.40. The lowest BCUT2D eigenvalue weighted by atomic mass is 9.99. The van der Waals surface area contributed by atoms with Gasteiger partial charge in [-0.2, -0.15) is 0 Å². The van der Waals surface area contributed by atoms with Gasteiger partial charge in [0.25, 0.3) is 0 Å². The summed E-state index contributed by atoms with van der Waals surface area (Å²) >= 11 is 0. The van der Waals surface area contributed by atoms with Gasteiger partial charge in [0.2, 0.25) is 0 Å². The van der Waals surface area contributed by atoms with E-state index in [4.69, 9.17) is 10.2 Å². The maximum atomic E-state index is 6.14. The van der Waals surface area contributed by atoms with Crippen molar-refractivity contribution in [3.8, 4) is 0 Å². The molecule has 2 N–H and O–H groups in total. The van der Waals surface area contributed by atoms with E-state index in [1.54, 1.807) is 0 Å². The van der Waals surface area contributed by atoms with Crippen LogP contribution in [0.5, 0.6) is 0 Å². The molecule has 0 aromatic carbocycles. The average Bonchev–Trinajstić information content (AvgIpc) is 2.44. The number of rotatable bonds is 5. The Morgan fingerprint density at radius 1 is 1.27 bits per heavy atom. The third-order valence-electron chi connectivity index (χ3n) is 2.78. The molecule has 1 atom stereocenters. The minimum absolute atomic E-state index is 0.140. The number of hydrogen-bond donors (Lipinski definition) is 1. The molecule has 0 spiro atoms. The van der Waals surface area contributed by atoms with E-state index in [0.29, 0.717) is 0 Å². The van der Waals surface area contributed by atoms with Crippen LogP contribution in [0.4, 0.5) is 0 Å². The predicted octanol–water partition coefficient (Wildman–Crippen LogP) is 3.72. The van der Waals surface area contributed by atoms with Crippen LogP contribution in [0.1, 0.15) is 56.2 Å². The normalized spacial score (nSPS) is 13.5. The molecule has 2 nitrogen and oxygen atoms in total. The van der Waals surface area contributed by atoms with Crippen molar-refractivity contribution in [2.45, 2.75) is 53.0 Å². The second-order valence-electron chi connectivity index (χ2n) is 4.80. The van der Waals surface area contributed by atoms with E-state index in [0.717, 1.165) is 23.9 Å². The number of furan rings is 1. The molecule has 0 aliphatic heterocycles. The zero-order valence-electron chi connectivity index (χ0n) is 10.3. The third-order valence-corrected chi connectivity index (χ3v) is 2.78. The molecule has 0 aliphatic carbocycles. The summed E-state index contributed by atoms with van der Waals surface area (Å²) in [5, 5.41) is 0. The Hall–Kier alpha value is -0.760. The summed E-state index contributed by atoms with van der Waals surface area (Å²) in [7, 11) is 0. The Morgan fingerprint density at radius 2 is 1.93 bits per heavy atom. The van der Waals surface area contributed by atoms with Gasteiger partial charge in [-0.25, -0.2) is 0 Å². The highest BCUT2D eigenvalue weighted by molar-refractivity contribution is 5.23. The van der Waals surface area contributed by atoms with E-state index in [9.17, 15) is 0 Å². The molecule has 2 heteroatoms. The van der Waals surface area contributed by atoms with Crippen LogP contribution in [-0.4, -0.2) is 0 Å². The Balaban J connectivity index is 2.46. The first kappa shape index (κ1) is 12.3. The van der Waals surface area contributed by atoms with Gasteiger partial charge in [0.1, 0.15) is 11.5 Å². The molecule has 1 aromatic heterocycles. The van der Waals surface area contributed by atoms with E-state index < -0.39 is 0 Å². The van der Waals surface area contributed by atoms with Crippen molar-refractivity contribution in [1.29, 1.82) is 0 Å². The summed E-state index contributed by atoms with van der Waals surface area (Å²) in [4.78, 5) is 0. The average molecular weight is 209 g/mol. The van der Waals surface area contributed by atoms with Crippen molar-refractivity contribution < 1.29 is 4.42 Å². The van der Waals surface area contributed by atoms with Crippen LogP contribution < -0.4 is 5.73 Å². The molecule has 86 valence electrons. The molecule has 1 heterocycles. The molecule has 1 unspecified atom stereocenters. The van der Waals surface area contributed by atoms with Gasteiger partial charge >= 0.3 is 0 Å². The lowest BCUT2D eigenvalue weighted by Crippen LogP contribution is -2.10. The van der Waals surface area contributed by atoms with Crippen LogP contribution >= 0.6 is 0 Å². The molecular formula is C13H23NO. The van der Waals surface area contributed by atoms with Gasteiger partial charge < -0.3 is 10.2 Å². The van der Waals surface area contributed by atoms with Gasteiger partial charge in [-0.05, 0) is 32.3 Å². The van der Waals surface area contributed by atoms with Crippen LogP contribution in [-0.2, 0) is 0 Å². The van der Waals surface area contributed by atoms with Gasteiger partial charge in [-0.15, -0.1) is 0 Å². The standard InChI is InChI=1S/C13H23NO/c1-9(2)6-5-7-13(14)12-8-10(3)15-11(12)4/h8-9,13H,5-7,14H2,1-4H3. The zero-order valence-corrected chi connectivity index (χ0v) is 10.3. The van der Waals surface area contributed by atoms with E-state index >= 15 is 0 Å². The second kappa shape index (κ2) is 5.36. The Bertz CT molecular complexity index is 301. The van der Waals surface area contributed by atoms with Gasteiger partial charge in [-0.3, -0.25) is 0 Å². The molecule has 0 fully saturated rings. The molecule has 1 aromatic rings. The van der Waals surface area contributed by atoms with Crippen LogP contribution in [0.2, 0.25) is 0 Å². The van der Waals surface area contributed by atoms with Crippen molar-refractivity contribution in [2.24, 2.45) is 11.7 Å². The molecule has 0 saturated carbocycles. The lowest BCUT2D eigenvalue weighted by Gasteiger charge is -2.11. The molecule has 0 aliphatic rings. The predicted molar refractivity (Wildman–Crippen MR) is 63.8 cm³/mol. The number of nitrogens with two attached hydrogens (primary N) is 1. The summed E-state index contributed by atoms with van der Waals surface area (Å²) in [6, 6.07) is 2.20. The summed E-state index contributed by atoms with van der Waals surface area (Å²) in [5.74, 6) is 2.70. The molecule has 15 heavy (non-hydrogen) atoms. The van der Waals surface area contributed by atoms with Crippen molar-refractivity contribution in [2.75, 3.05) is 0 Å². The summed E-state index contributed by atoms with van der Waals surface area (Å²) in [5.41, 5.74) is 7.31. The van der Waals surface area contributed by atoms with Gasteiger partial charge in [-0.1, -0.05) is 26.7 Å². The first-order valence-electron chi connectivity index (χ1n) is 5.83. The first-order valence-corrected chi connectivity index (χ1v) is 5.83. The molecule has 0 amide bonds. The fraction of sp³-hybridized carbons (Fsp3) is 0.692. The minimum Gasteiger partial charge on any atom is -0.466 e. The van der Waals surface area contributed by atoms with Crippen molar-refractivity contribution in [1.82, 2.24) is 0 Å². The number of hydrogen-bond acceptors (Lipinski definition) is 2. The first-order chi connectivity index (χ1) is 7.00. The highest BCUT2D eigenvalue weighted by atomic mass is 16.3. The third kappa shape index (κ3) is 3.71. The largest absolute Gasteiger partial charge is 0.466 e. The van der Waals surface area contributed by atoms with Crippen LogP contribution in [0.25, 0.3) is 0 Å². The maximum Gasteiger partial charge on any atom is 0.105 e. The topological polar surface area (TPSA) is 39.2 Å². The van der Waals surface area contributed by atoms with Crippen LogP contribution in [0.15, 0.2) is 10.5 Å². The summed E-state index contributed by atoms with van der Waals surface area (Å²) in [6.45, 7) is 8.46. The summed E-state index contributed by atoms with van der Waals surface area (Å²) in [6.07, 6.45) is 3.50. The van der Waals surface area contributed by atoms with E-state index in [-0.39, 0.29) is 6.04 Å². The van der Waals surface area contributed by atoms with Gasteiger partial charge in [0, 0.05) is 11.6 Å². The van der Waals surface area contributed by atoms with Crippen LogP contribution in [0.3, 0.4) is 0 Å². The van der Waals surface area contributed by atoms with Crippen LogP contribution in [0, 0.1) is 19.8 Å². The van der Waals surface area contributed by atoms with Gasteiger partial charge in [0.15, 0.2) is 0 Å². The molecule has 0 bridgehead atoms. The van der Waals surface area contributed by atoms with E-state index in [2.05, 4.69) is 19.9 Å². The van der Waals surface area contributed by atoms with Crippen molar-refractivity contribution in [3.05, 3.63) is 23.2 Å². The zero-order chi connectivity index (χ0) is 11.4. The Morgan fingerprint density at radius 3 is 2.40 bits per heavy atom. The monoisotopic (exact) mass is 209 g/mol. The Labute approximate surface area is 92.9 Å². The number of aryl methyl sites for hydroxylation is 2. The second-order valence-corrected chi connectivity index (χ2v) is 4.80. The quantitative estimate of drug-likeness (QED) is 0.802. The fourth-order valence-electron chi connectivity index (χ4n) is 1.92. The lowest BCUT2D eigenvalue weighted by molar-refractivity contribution is 0.482.